The van der Waals surface area contributed by atoms with E-state index < -0.39 is 47.1 Å². The van der Waals surface area contributed by atoms with Gasteiger partial charge in [0.25, 0.3) is 25.8 Å². The number of anilines is 2. The fraction of sp³-hybridized carbons (Fsp3) is 0.400. The van der Waals surface area contributed by atoms with Gasteiger partial charge in [-0.15, -0.1) is 11.8 Å². The van der Waals surface area contributed by atoms with E-state index in [0.29, 0.717) is 24.7 Å². The van der Waals surface area contributed by atoms with Crippen molar-refractivity contribution in [2.24, 2.45) is 5.41 Å². The van der Waals surface area contributed by atoms with Crippen LogP contribution >= 0.6 is 11.8 Å². The predicted octanol–water partition coefficient (Wildman–Crippen LogP) is 9.57. The third-order valence-corrected chi connectivity index (χ3v) is 15.2. The van der Waals surface area contributed by atoms with Crippen LogP contribution in [0.5, 0.6) is 0 Å². The van der Waals surface area contributed by atoms with Gasteiger partial charge in [0.1, 0.15) is 4.90 Å². The number of nitrogens with one attached hydrogen (secondary N) is 2. The smallest absolute Gasteiger partial charge is 0.380 e. The molecule has 1 saturated heterocycles. The van der Waals surface area contributed by atoms with Gasteiger partial charge in [-0.3, -0.25) is 9.69 Å². The Hall–Kier alpha value is -4.31. The first-order chi connectivity index (χ1) is 28.3. The molecule has 0 radical (unpaired) electrons. The Morgan fingerprint density at radius 1 is 0.883 bits per heavy atom. The Labute approximate surface area is 356 Å². The SMILES string of the molecule is CCC[C@H](CSc1ccccc1)Nc1ccc(S(=O)(=O)NC(=O)c2ccc(N3CCN(CC4=C(c5ccc(C)cc5)CCC(C)(C)C4)CC3)cc2)cc1S(=O)(=O)C(F)(F)F. The highest BCUT2D eigenvalue weighted by molar-refractivity contribution is 7.99. The van der Waals surface area contributed by atoms with Crippen LogP contribution in [0.25, 0.3) is 5.57 Å². The number of hydrogen-bond donors (Lipinski definition) is 2. The number of sulfonamides is 1. The Morgan fingerprint density at radius 3 is 2.18 bits per heavy atom. The first-order valence-corrected chi connectivity index (χ1v) is 24.1. The second-order valence-corrected chi connectivity index (χ2v) is 21.1. The summed E-state index contributed by atoms with van der Waals surface area (Å²) in [6.07, 6.45) is 4.42. The van der Waals surface area contributed by atoms with Crippen LogP contribution in [0.15, 0.2) is 117 Å². The highest BCUT2D eigenvalue weighted by Gasteiger charge is 2.48. The number of benzene rings is 4. The number of sulfone groups is 1. The number of hydrogen-bond acceptors (Lipinski definition) is 9. The summed E-state index contributed by atoms with van der Waals surface area (Å²) in [4.78, 5) is 16.8. The third kappa shape index (κ3) is 11.1. The summed E-state index contributed by atoms with van der Waals surface area (Å²) >= 11 is 1.45. The molecule has 1 amide bonds. The Morgan fingerprint density at radius 2 is 1.55 bits per heavy atom. The summed E-state index contributed by atoms with van der Waals surface area (Å²) in [6.45, 7) is 12.8. The molecular weight excluding hydrogens is 830 g/mol. The molecule has 0 aromatic heterocycles. The molecule has 9 nitrogen and oxygen atoms in total. The van der Waals surface area contributed by atoms with Gasteiger partial charge in [-0.05, 0) is 104 Å². The van der Waals surface area contributed by atoms with E-state index in [1.54, 1.807) is 12.1 Å². The standard InChI is InChI=1S/C45H53F3N4O5S3/c1-5-9-36(31-58-38-10-7-6-8-11-38)49-41-21-20-39(28-42(41)59(54,55)45(46,47)48)60(56,57)50-43(53)34-16-18-37(19-17-34)52-26-24-51(25-27-52)30-35-29-44(3,4)23-22-40(35)33-14-12-32(2)13-15-33/h6-8,10-21,28,36,49H,5,9,22-27,29-31H2,1-4H3,(H,50,53)/t36-/m1/s1. The number of aryl methyl sites for hydroxylation is 1. The summed E-state index contributed by atoms with van der Waals surface area (Å²) in [5.74, 6) is -0.607. The number of amides is 1. The third-order valence-electron chi connectivity index (χ3n) is 11.1. The second-order valence-electron chi connectivity index (χ2n) is 16.4. The zero-order valence-electron chi connectivity index (χ0n) is 34.4. The number of piperazine rings is 1. The molecule has 4 aromatic carbocycles. The van der Waals surface area contributed by atoms with E-state index in [1.165, 1.54) is 46.2 Å². The van der Waals surface area contributed by atoms with E-state index in [1.807, 2.05) is 42.0 Å². The van der Waals surface area contributed by atoms with Crippen molar-refractivity contribution in [1.29, 1.82) is 0 Å². The van der Waals surface area contributed by atoms with Gasteiger partial charge in [-0.25, -0.2) is 21.6 Å². The lowest BCUT2D eigenvalue weighted by Crippen LogP contribution is -2.47. The Balaban J connectivity index is 1.11. The highest BCUT2D eigenvalue weighted by Crippen LogP contribution is 2.43. The molecule has 0 saturated carbocycles. The van der Waals surface area contributed by atoms with Gasteiger partial charge in [0.2, 0.25) is 0 Å². The van der Waals surface area contributed by atoms with Crippen molar-refractivity contribution in [3.8, 4) is 0 Å². The number of halogens is 3. The molecule has 6 rings (SSSR count). The number of carbonyl (C=O) groups excluding carboxylic acids is 1. The lowest BCUT2D eigenvalue weighted by molar-refractivity contribution is -0.0435. The van der Waals surface area contributed by atoms with Crippen molar-refractivity contribution < 1.29 is 34.8 Å². The van der Waals surface area contributed by atoms with Crippen LogP contribution in [0.1, 0.15) is 74.4 Å². The summed E-state index contributed by atoms with van der Waals surface area (Å²) in [5, 5.41) is 2.92. The van der Waals surface area contributed by atoms with Crippen LogP contribution in [0.2, 0.25) is 0 Å². The molecule has 2 N–H and O–H groups in total. The van der Waals surface area contributed by atoms with Crippen molar-refractivity contribution in [1.82, 2.24) is 9.62 Å². The molecule has 60 heavy (non-hydrogen) atoms. The molecule has 322 valence electrons. The lowest BCUT2D eigenvalue weighted by atomic mass is 9.72. The normalized spacial score (nSPS) is 17.0. The lowest BCUT2D eigenvalue weighted by Gasteiger charge is -2.39. The average Bonchev–Trinajstić information content (AvgIpc) is 3.20. The molecule has 2 aliphatic rings. The van der Waals surface area contributed by atoms with E-state index in [-0.39, 0.29) is 16.7 Å². The summed E-state index contributed by atoms with van der Waals surface area (Å²) < 4.78 is 96.3. The van der Waals surface area contributed by atoms with Gasteiger partial charge in [0, 0.05) is 60.7 Å². The van der Waals surface area contributed by atoms with Crippen molar-refractivity contribution in [2.45, 2.75) is 86.0 Å². The molecule has 1 aliphatic carbocycles. The van der Waals surface area contributed by atoms with E-state index in [4.69, 9.17) is 0 Å². The predicted molar refractivity (Wildman–Crippen MR) is 235 cm³/mol. The van der Waals surface area contributed by atoms with Crippen molar-refractivity contribution in [3.05, 3.63) is 119 Å². The van der Waals surface area contributed by atoms with Crippen molar-refractivity contribution in [3.63, 3.8) is 0 Å². The maximum Gasteiger partial charge on any atom is 0.501 e. The van der Waals surface area contributed by atoms with E-state index in [2.05, 4.69) is 60.2 Å². The van der Waals surface area contributed by atoms with Gasteiger partial charge in [-0.2, -0.15) is 13.2 Å². The molecule has 4 aromatic rings. The van der Waals surface area contributed by atoms with Crippen molar-refractivity contribution >= 4 is 54.5 Å². The summed E-state index contributed by atoms with van der Waals surface area (Å²) in [6, 6.07) is 26.6. The van der Waals surface area contributed by atoms with E-state index in [9.17, 15) is 34.8 Å². The quantitative estimate of drug-likeness (QED) is 0.113. The second kappa shape index (κ2) is 18.8. The average molecular weight is 883 g/mol. The fourth-order valence-corrected chi connectivity index (χ4v) is 10.8. The number of thioether (sulfide) groups is 1. The van der Waals surface area contributed by atoms with Crippen LogP contribution in [0.3, 0.4) is 0 Å². The maximum absolute atomic E-state index is 14.0. The molecule has 0 bridgehead atoms. The van der Waals surface area contributed by atoms with Gasteiger partial charge in [0.05, 0.1) is 10.6 Å². The van der Waals surface area contributed by atoms with Gasteiger partial charge in [-0.1, -0.05) is 80.8 Å². The topological polar surface area (TPSA) is 116 Å². The Kier molecular flexibility index (Phi) is 14.1. The zero-order chi connectivity index (χ0) is 43.3. The zero-order valence-corrected chi connectivity index (χ0v) is 36.8. The largest absolute Gasteiger partial charge is 0.501 e. The van der Waals surface area contributed by atoms with Gasteiger partial charge >= 0.3 is 5.51 Å². The monoisotopic (exact) mass is 882 g/mol. The van der Waals surface area contributed by atoms with Crippen LogP contribution in [-0.2, 0) is 19.9 Å². The minimum atomic E-state index is -6.00. The molecular formula is C45H53F3N4O5S3. The molecule has 1 atom stereocenters. The maximum atomic E-state index is 14.0. The number of rotatable bonds is 15. The number of nitrogens with zero attached hydrogens (tertiary/aromatic N) is 2. The van der Waals surface area contributed by atoms with E-state index in [0.717, 1.165) is 74.7 Å². The Bertz CT molecular complexity index is 2380. The number of alkyl halides is 3. The first kappa shape index (κ1) is 45.2. The van der Waals surface area contributed by atoms with Gasteiger partial charge < -0.3 is 10.2 Å². The number of carbonyl (C=O) groups is 1. The molecule has 0 spiro atoms. The molecule has 1 fully saturated rings. The van der Waals surface area contributed by atoms with Crippen LogP contribution in [-0.4, -0.2) is 77.7 Å². The van der Waals surface area contributed by atoms with Crippen LogP contribution in [0.4, 0.5) is 24.5 Å². The first-order valence-electron chi connectivity index (χ1n) is 20.2. The minimum Gasteiger partial charge on any atom is -0.380 e. The van der Waals surface area contributed by atoms with E-state index >= 15 is 0 Å². The molecule has 0 unspecified atom stereocenters. The highest BCUT2D eigenvalue weighted by atomic mass is 32.2. The van der Waals surface area contributed by atoms with Crippen LogP contribution < -0.4 is 14.9 Å². The van der Waals surface area contributed by atoms with Crippen LogP contribution in [0, 0.1) is 12.3 Å². The minimum absolute atomic E-state index is 0.0104. The molecule has 1 heterocycles. The summed E-state index contributed by atoms with van der Waals surface area (Å²) in [5.41, 5.74) is 0.521. The molecule has 15 heteroatoms. The molecule has 1 aliphatic heterocycles. The number of allylic oxidation sites excluding steroid dienone is 1. The fourth-order valence-electron chi connectivity index (χ4n) is 7.78. The van der Waals surface area contributed by atoms with Crippen molar-refractivity contribution in [2.75, 3.05) is 48.7 Å². The summed E-state index contributed by atoms with van der Waals surface area (Å²) in [7, 11) is -10.8. The van der Waals surface area contributed by atoms with Gasteiger partial charge in [0.15, 0.2) is 0 Å².